The average molecular weight is 377 g/mol. The van der Waals surface area contributed by atoms with Crippen LogP contribution in [0.4, 0.5) is 0 Å². The number of hydrogen-bond donors (Lipinski definition) is 0. The summed E-state index contributed by atoms with van der Waals surface area (Å²) < 4.78 is 25.4. The van der Waals surface area contributed by atoms with Crippen LogP contribution in [0.5, 0.6) is 0 Å². The summed E-state index contributed by atoms with van der Waals surface area (Å²) in [6.45, 7) is 2.33. The first-order valence-electron chi connectivity index (χ1n) is 6.61. The number of pyridine rings is 1. The highest BCUT2D eigenvalue weighted by Gasteiger charge is 2.26. The van der Waals surface area contributed by atoms with Crippen molar-refractivity contribution in [3.63, 3.8) is 0 Å². The topological polar surface area (TPSA) is 76.5 Å². The largest absolute Gasteiger partial charge is 0.340 e. The number of sulfone groups is 1. The molecule has 1 amide bonds. The summed E-state index contributed by atoms with van der Waals surface area (Å²) in [5.41, 5.74) is -0.262. The molecule has 1 atom stereocenters. The molecule has 0 bridgehead atoms. The first-order valence-corrected chi connectivity index (χ1v) is 9.22. The molecule has 1 fully saturated rings. The fraction of sp³-hybridized carbons (Fsp3) is 0.538. The zero-order chi connectivity index (χ0) is 15.6. The Bertz CT molecular complexity index is 698. The van der Waals surface area contributed by atoms with Gasteiger partial charge in [0.25, 0.3) is 5.56 Å². The molecule has 1 saturated heterocycles. The lowest BCUT2D eigenvalue weighted by Gasteiger charge is -2.22. The normalized spacial score (nSPS) is 21.8. The van der Waals surface area contributed by atoms with E-state index in [-0.39, 0.29) is 42.0 Å². The molecule has 1 aliphatic rings. The Morgan fingerprint density at radius 1 is 1.43 bits per heavy atom. The molecule has 1 unspecified atom stereocenters. The van der Waals surface area contributed by atoms with Crippen molar-refractivity contribution in [3.05, 3.63) is 33.2 Å². The molecule has 6 nitrogen and oxygen atoms in total. The summed E-state index contributed by atoms with van der Waals surface area (Å²) in [5.74, 6) is -0.246. The monoisotopic (exact) mass is 376 g/mol. The van der Waals surface area contributed by atoms with Gasteiger partial charge in [-0.1, -0.05) is 6.92 Å². The van der Waals surface area contributed by atoms with Crippen LogP contribution in [0.2, 0.25) is 0 Å². The number of halogens is 1. The van der Waals surface area contributed by atoms with E-state index in [0.717, 1.165) is 0 Å². The molecule has 21 heavy (non-hydrogen) atoms. The number of aromatic nitrogens is 1. The van der Waals surface area contributed by atoms with E-state index in [0.29, 0.717) is 11.0 Å². The summed E-state index contributed by atoms with van der Waals surface area (Å²) in [7, 11) is -3.09. The van der Waals surface area contributed by atoms with E-state index < -0.39 is 9.84 Å². The standard InChI is InChI=1S/C13H17BrN2O4S/c1-10-6-15(4-5-21(19,20)9-10)13(18)8-16-7-11(14)2-3-12(16)17/h2-3,7,10H,4-6,8-9H2,1H3. The van der Waals surface area contributed by atoms with Crippen molar-refractivity contribution in [1.29, 1.82) is 0 Å². The molecule has 0 saturated carbocycles. The Hall–Kier alpha value is -1.15. The summed E-state index contributed by atoms with van der Waals surface area (Å²) >= 11 is 3.26. The quantitative estimate of drug-likeness (QED) is 0.753. The van der Waals surface area contributed by atoms with Crippen LogP contribution >= 0.6 is 15.9 Å². The molecule has 0 radical (unpaired) electrons. The van der Waals surface area contributed by atoms with Crippen LogP contribution in [0.15, 0.2) is 27.6 Å². The minimum atomic E-state index is -3.09. The van der Waals surface area contributed by atoms with E-state index in [2.05, 4.69) is 15.9 Å². The molecule has 116 valence electrons. The number of amides is 1. The van der Waals surface area contributed by atoms with Crippen LogP contribution < -0.4 is 5.56 Å². The summed E-state index contributed by atoms with van der Waals surface area (Å²) in [5, 5.41) is 0. The molecule has 0 aliphatic carbocycles. The van der Waals surface area contributed by atoms with Crippen molar-refractivity contribution >= 4 is 31.7 Å². The molecular weight excluding hydrogens is 360 g/mol. The van der Waals surface area contributed by atoms with Crippen molar-refractivity contribution in [3.8, 4) is 0 Å². The van der Waals surface area contributed by atoms with Gasteiger partial charge >= 0.3 is 0 Å². The van der Waals surface area contributed by atoms with Gasteiger partial charge in [0.2, 0.25) is 5.91 Å². The minimum Gasteiger partial charge on any atom is -0.340 e. The molecule has 1 aromatic heterocycles. The molecule has 0 spiro atoms. The van der Waals surface area contributed by atoms with Gasteiger partial charge in [-0.05, 0) is 27.9 Å². The molecule has 0 N–H and O–H groups in total. The number of carbonyl (C=O) groups is 1. The number of rotatable bonds is 2. The van der Waals surface area contributed by atoms with Crippen LogP contribution in [0.3, 0.4) is 0 Å². The second-order valence-corrected chi connectivity index (χ2v) is 8.52. The maximum absolute atomic E-state index is 12.3. The Kier molecular flexibility index (Phi) is 4.88. The highest BCUT2D eigenvalue weighted by atomic mass is 79.9. The number of carbonyl (C=O) groups excluding carboxylic acids is 1. The first-order chi connectivity index (χ1) is 9.77. The van der Waals surface area contributed by atoms with Crippen LogP contribution in [0.1, 0.15) is 6.92 Å². The van der Waals surface area contributed by atoms with Crippen LogP contribution in [-0.2, 0) is 21.2 Å². The maximum atomic E-state index is 12.3. The van der Waals surface area contributed by atoms with Crippen molar-refractivity contribution in [2.45, 2.75) is 13.5 Å². The third-order valence-electron chi connectivity index (χ3n) is 3.35. The fourth-order valence-corrected chi connectivity index (χ4v) is 4.40. The van der Waals surface area contributed by atoms with Crippen molar-refractivity contribution in [1.82, 2.24) is 9.47 Å². The molecule has 2 rings (SSSR count). The van der Waals surface area contributed by atoms with E-state index in [4.69, 9.17) is 0 Å². The third kappa shape index (κ3) is 4.41. The lowest BCUT2D eigenvalue weighted by Crippen LogP contribution is -2.39. The first kappa shape index (κ1) is 16.2. The molecule has 8 heteroatoms. The molecule has 1 aliphatic heterocycles. The minimum absolute atomic E-state index is 0.0174. The second kappa shape index (κ2) is 6.31. The van der Waals surface area contributed by atoms with Gasteiger partial charge in [0.15, 0.2) is 9.84 Å². The highest BCUT2D eigenvalue weighted by molar-refractivity contribution is 9.10. The lowest BCUT2D eigenvalue weighted by atomic mass is 10.2. The van der Waals surface area contributed by atoms with Gasteiger partial charge in [-0.25, -0.2) is 8.42 Å². The fourth-order valence-electron chi connectivity index (χ4n) is 2.38. The predicted molar refractivity (Wildman–Crippen MR) is 82.8 cm³/mol. The van der Waals surface area contributed by atoms with Crippen LogP contribution in [0, 0.1) is 5.92 Å². The maximum Gasteiger partial charge on any atom is 0.251 e. The van der Waals surface area contributed by atoms with E-state index in [1.807, 2.05) is 6.92 Å². The predicted octanol–water partition coefficient (Wildman–Crippen LogP) is 0.504. The van der Waals surface area contributed by atoms with Crippen LogP contribution in [0.25, 0.3) is 0 Å². The van der Waals surface area contributed by atoms with Gasteiger partial charge in [0.05, 0.1) is 11.5 Å². The van der Waals surface area contributed by atoms with E-state index in [9.17, 15) is 18.0 Å². The summed E-state index contributed by atoms with van der Waals surface area (Å²) in [6, 6.07) is 3.00. The van der Waals surface area contributed by atoms with E-state index >= 15 is 0 Å². The van der Waals surface area contributed by atoms with Gasteiger partial charge in [-0.2, -0.15) is 0 Å². The lowest BCUT2D eigenvalue weighted by molar-refractivity contribution is -0.132. The van der Waals surface area contributed by atoms with Gasteiger partial charge in [0.1, 0.15) is 6.54 Å². The molecular formula is C13H17BrN2O4S. The Morgan fingerprint density at radius 3 is 2.86 bits per heavy atom. The van der Waals surface area contributed by atoms with Crippen molar-refractivity contribution in [2.75, 3.05) is 24.6 Å². The van der Waals surface area contributed by atoms with E-state index in [1.54, 1.807) is 12.3 Å². The van der Waals surface area contributed by atoms with Gasteiger partial charge in [-0.3, -0.25) is 9.59 Å². The van der Waals surface area contributed by atoms with E-state index in [1.165, 1.54) is 15.5 Å². The molecule has 1 aromatic rings. The third-order valence-corrected chi connectivity index (χ3v) is 5.70. The summed E-state index contributed by atoms with van der Waals surface area (Å²) in [6.07, 6.45) is 1.55. The zero-order valence-corrected chi connectivity index (χ0v) is 14.1. The average Bonchev–Trinajstić information content (AvgIpc) is 2.51. The Labute approximate surface area is 131 Å². The van der Waals surface area contributed by atoms with Gasteiger partial charge in [0, 0.05) is 29.8 Å². The summed E-state index contributed by atoms with van der Waals surface area (Å²) in [4.78, 5) is 25.5. The smallest absolute Gasteiger partial charge is 0.251 e. The number of hydrogen-bond acceptors (Lipinski definition) is 4. The Balaban J connectivity index is 2.13. The SMILES string of the molecule is CC1CN(C(=O)Cn2cc(Br)ccc2=O)CCS(=O)(=O)C1. The van der Waals surface area contributed by atoms with Gasteiger partial charge in [-0.15, -0.1) is 0 Å². The number of nitrogens with zero attached hydrogens (tertiary/aromatic N) is 2. The van der Waals surface area contributed by atoms with Crippen molar-refractivity contribution < 1.29 is 13.2 Å². The Morgan fingerprint density at radius 2 is 2.14 bits per heavy atom. The highest BCUT2D eigenvalue weighted by Crippen LogP contribution is 2.12. The molecule has 2 heterocycles. The molecule has 0 aromatic carbocycles. The van der Waals surface area contributed by atoms with Crippen molar-refractivity contribution in [2.24, 2.45) is 5.92 Å². The second-order valence-electron chi connectivity index (χ2n) is 5.37. The van der Waals surface area contributed by atoms with Gasteiger partial charge < -0.3 is 9.47 Å². The van der Waals surface area contributed by atoms with Crippen LogP contribution in [-0.4, -0.2) is 48.4 Å². The zero-order valence-electron chi connectivity index (χ0n) is 11.7.